The standard InChI is InChI=1S/C13H18O5S/c1-10-2-4-13(5-3-10)19(15,16)18-7-6-17-12-8-11(14)9-12/h2-5,11-12,14H,6-9H2,1H3. The Morgan fingerprint density at radius 1 is 1.21 bits per heavy atom. The topological polar surface area (TPSA) is 72.8 Å². The van der Waals surface area contributed by atoms with E-state index in [9.17, 15) is 8.42 Å². The Hall–Kier alpha value is -0.950. The van der Waals surface area contributed by atoms with Crippen molar-refractivity contribution in [3.05, 3.63) is 29.8 Å². The number of aliphatic hydroxyl groups is 1. The normalized spacial score (nSPS) is 23.1. The van der Waals surface area contributed by atoms with E-state index in [1.165, 1.54) is 12.1 Å². The molecule has 1 aromatic rings. The molecule has 0 unspecified atom stereocenters. The van der Waals surface area contributed by atoms with Crippen molar-refractivity contribution in [2.45, 2.75) is 36.9 Å². The van der Waals surface area contributed by atoms with Crippen molar-refractivity contribution in [3.8, 4) is 0 Å². The van der Waals surface area contributed by atoms with Gasteiger partial charge < -0.3 is 9.84 Å². The van der Waals surface area contributed by atoms with Crippen LogP contribution in [0.4, 0.5) is 0 Å². The molecule has 6 heteroatoms. The number of hydrogen-bond acceptors (Lipinski definition) is 5. The third kappa shape index (κ3) is 4.01. The van der Waals surface area contributed by atoms with E-state index >= 15 is 0 Å². The molecule has 1 fully saturated rings. The van der Waals surface area contributed by atoms with Gasteiger partial charge in [-0.25, -0.2) is 0 Å². The van der Waals surface area contributed by atoms with Crippen LogP contribution in [-0.2, 0) is 19.0 Å². The number of rotatable bonds is 6. The van der Waals surface area contributed by atoms with Crippen LogP contribution in [0.5, 0.6) is 0 Å². The lowest BCUT2D eigenvalue weighted by Crippen LogP contribution is -2.36. The molecule has 0 aliphatic heterocycles. The van der Waals surface area contributed by atoms with E-state index in [4.69, 9.17) is 14.0 Å². The highest BCUT2D eigenvalue weighted by Gasteiger charge is 2.27. The maximum absolute atomic E-state index is 11.8. The van der Waals surface area contributed by atoms with Gasteiger partial charge in [-0.2, -0.15) is 8.42 Å². The van der Waals surface area contributed by atoms with Crippen LogP contribution in [0.15, 0.2) is 29.2 Å². The van der Waals surface area contributed by atoms with E-state index in [2.05, 4.69) is 0 Å². The summed E-state index contributed by atoms with van der Waals surface area (Å²) in [5, 5.41) is 9.07. The predicted octanol–water partition coefficient (Wildman–Crippen LogP) is 1.24. The number of aryl methyl sites for hydroxylation is 1. The van der Waals surface area contributed by atoms with Crippen molar-refractivity contribution in [3.63, 3.8) is 0 Å². The fourth-order valence-corrected chi connectivity index (χ4v) is 2.70. The molecule has 0 saturated heterocycles. The first-order valence-corrected chi connectivity index (χ1v) is 7.64. The molecule has 1 saturated carbocycles. The molecule has 1 aromatic carbocycles. The van der Waals surface area contributed by atoms with Crippen molar-refractivity contribution >= 4 is 10.1 Å². The summed E-state index contributed by atoms with van der Waals surface area (Å²) in [5.74, 6) is 0. The molecule has 0 aromatic heterocycles. The van der Waals surface area contributed by atoms with Gasteiger partial charge in [0.25, 0.3) is 10.1 Å². The van der Waals surface area contributed by atoms with E-state index in [1.807, 2.05) is 6.92 Å². The maximum atomic E-state index is 11.8. The summed E-state index contributed by atoms with van der Waals surface area (Å²) in [6.07, 6.45) is 0.984. The maximum Gasteiger partial charge on any atom is 0.297 e. The second-order valence-electron chi connectivity index (χ2n) is 4.71. The molecule has 0 spiro atoms. The second-order valence-corrected chi connectivity index (χ2v) is 6.32. The van der Waals surface area contributed by atoms with E-state index in [-0.39, 0.29) is 30.3 Å². The Labute approximate surface area is 113 Å². The van der Waals surface area contributed by atoms with Gasteiger partial charge in [-0.1, -0.05) is 17.7 Å². The molecule has 2 rings (SSSR count). The van der Waals surface area contributed by atoms with Crippen LogP contribution in [0, 0.1) is 6.92 Å². The van der Waals surface area contributed by atoms with Crippen molar-refractivity contribution in [2.24, 2.45) is 0 Å². The number of aliphatic hydroxyl groups excluding tert-OH is 1. The van der Waals surface area contributed by atoms with Crippen molar-refractivity contribution in [1.29, 1.82) is 0 Å². The van der Waals surface area contributed by atoms with Gasteiger partial charge in [0.2, 0.25) is 0 Å². The highest BCUT2D eigenvalue weighted by Crippen LogP contribution is 2.22. The molecule has 5 nitrogen and oxygen atoms in total. The lowest BCUT2D eigenvalue weighted by atomic mass is 9.92. The molecule has 1 N–H and O–H groups in total. The van der Waals surface area contributed by atoms with Gasteiger partial charge in [-0.15, -0.1) is 0 Å². The van der Waals surface area contributed by atoms with Crippen molar-refractivity contribution in [1.82, 2.24) is 0 Å². The van der Waals surface area contributed by atoms with E-state index < -0.39 is 10.1 Å². The van der Waals surface area contributed by atoms with Crippen LogP contribution in [0.2, 0.25) is 0 Å². The molecule has 106 valence electrons. The monoisotopic (exact) mass is 286 g/mol. The predicted molar refractivity (Wildman–Crippen MR) is 69.3 cm³/mol. The average molecular weight is 286 g/mol. The van der Waals surface area contributed by atoms with Gasteiger partial charge in [0.05, 0.1) is 30.3 Å². The van der Waals surface area contributed by atoms with Crippen LogP contribution >= 0.6 is 0 Å². The van der Waals surface area contributed by atoms with Gasteiger partial charge in [-0.3, -0.25) is 4.18 Å². The van der Waals surface area contributed by atoms with E-state index in [0.29, 0.717) is 12.8 Å². The fourth-order valence-electron chi connectivity index (χ4n) is 1.81. The van der Waals surface area contributed by atoms with Gasteiger partial charge in [0, 0.05) is 0 Å². The third-order valence-electron chi connectivity index (χ3n) is 3.05. The number of ether oxygens (including phenoxy) is 1. The first kappa shape index (κ1) is 14.5. The van der Waals surface area contributed by atoms with Crippen LogP contribution < -0.4 is 0 Å². The van der Waals surface area contributed by atoms with Gasteiger partial charge in [0.15, 0.2) is 0 Å². The van der Waals surface area contributed by atoms with Gasteiger partial charge in [0.1, 0.15) is 0 Å². The first-order chi connectivity index (χ1) is 8.97. The SMILES string of the molecule is Cc1ccc(S(=O)(=O)OCCOC2CC(O)C2)cc1. The summed E-state index contributed by atoms with van der Waals surface area (Å²) in [6.45, 7) is 2.09. The number of benzene rings is 1. The highest BCUT2D eigenvalue weighted by molar-refractivity contribution is 7.86. The Morgan fingerprint density at radius 3 is 2.42 bits per heavy atom. The third-order valence-corrected chi connectivity index (χ3v) is 4.38. The summed E-state index contributed by atoms with van der Waals surface area (Å²) < 4.78 is 33.8. The molecule has 0 amide bonds. The zero-order valence-electron chi connectivity index (χ0n) is 10.8. The second kappa shape index (κ2) is 6.00. The molecule has 0 bridgehead atoms. The van der Waals surface area contributed by atoms with Gasteiger partial charge in [-0.05, 0) is 31.9 Å². The minimum absolute atomic E-state index is 0.0111. The minimum Gasteiger partial charge on any atom is -0.393 e. The lowest BCUT2D eigenvalue weighted by molar-refractivity contribution is -0.0759. The van der Waals surface area contributed by atoms with Crippen LogP contribution in [-0.4, -0.2) is 38.9 Å². The zero-order valence-corrected chi connectivity index (χ0v) is 11.6. The molecule has 0 radical (unpaired) electrons. The Bertz CT molecular complexity index is 502. The van der Waals surface area contributed by atoms with Crippen LogP contribution in [0.3, 0.4) is 0 Å². The van der Waals surface area contributed by atoms with Gasteiger partial charge >= 0.3 is 0 Å². The Kier molecular flexibility index (Phi) is 4.57. The Morgan fingerprint density at radius 2 is 1.84 bits per heavy atom. The quantitative estimate of drug-likeness (QED) is 0.629. The Balaban J connectivity index is 1.76. The molecule has 1 aliphatic carbocycles. The van der Waals surface area contributed by atoms with Crippen LogP contribution in [0.25, 0.3) is 0 Å². The summed E-state index contributed by atoms with van der Waals surface area (Å²) in [6, 6.07) is 6.49. The average Bonchev–Trinajstić information content (AvgIpc) is 2.32. The molecule has 1 aliphatic rings. The lowest BCUT2D eigenvalue weighted by Gasteiger charge is -2.30. The van der Waals surface area contributed by atoms with Crippen molar-refractivity contribution in [2.75, 3.05) is 13.2 Å². The van der Waals surface area contributed by atoms with Crippen molar-refractivity contribution < 1.29 is 22.4 Å². The first-order valence-electron chi connectivity index (χ1n) is 6.23. The zero-order chi connectivity index (χ0) is 13.9. The largest absolute Gasteiger partial charge is 0.393 e. The molecular weight excluding hydrogens is 268 g/mol. The summed E-state index contributed by atoms with van der Waals surface area (Å²) in [7, 11) is -3.70. The fraction of sp³-hybridized carbons (Fsp3) is 0.538. The summed E-state index contributed by atoms with van der Waals surface area (Å²) in [4.78, 5) is 0.150. The molecule has 19 heavy (non-hydrogen) atoms. The summed E-state index contributed by atoms with van der Waals surface area (Å²) >= 11 is 0. The highest BCUT2D eigenvalue weighted by atomic mass is 32.2. The number of hydrogen-bond donors (Lipinski definition) is 1. The minimum atomic E-state index is -3.70. The molecular formula is C13H18O5S. The summed E-state index contributed by atoms with van der Waals surface area (Å²) in [5.41, 5.74) is 0.992. The van der Waals surface area contributed by atoms with Crippen LogP contribution in [0.1, 0.15) is 18.4 Å². The van der Waals surface area contributed by atoms with E-state index in [1.54, 1.807) is 12.1 Å². The smallest absolute Gasteiger partial charge is 0.297 e. The molecule has 0 heterocycles. The van der Waals surface area contributed by atoms with E-state index in [0.717, 1.165) is 5.56 Å². The molecule has 0 atom stereocenters.